The zero-order valence-electron chi connectivity index (χ0n) is 27.9. The van der Waals surface area contributed by atoms with Crippen molar-refractivity contribution in [3.63, 3.8) is 0 Å². The molecule has 0 amide bonds. The van der Waals surface area contributed by atoms with Crippen molar-refractivity contribution in [1.29, 1.82) is 0 Å². The van der Waals surface area contributed by atoms with E-state index in [4.69, 9.17) is 9.47 Å². The molecule has 0 aliphatic rings. The van der Waals surface area contributed by atoms with Crippen LogP contribution in [0.15, 0.2) is 0 Å². The Hall–Kier alpha value is -1.10. The highest BCUT2D eigenvalue weighted by Gasteiger charge is 2.16. The van der Waals surface area contributed by atoms with Gasteiger partial charge in [-0.3, -0.25) is 9.59 Å². The molecule has 0 unspecified atom stereocenters. The quantitative estimate of drug-likeness (QED) is 0.0650. The van der Waals surface area contributed by atoms with Crippen LogP contribution in [0, 0.1) is 11.8 Å². The van der Waals surface area contributed by atoms with E-state index in [9.17, 15) is 14.7 Å². The lowest BCUT2D eigenvalue weighted by atomic mass is 10.0. The number of carbonyl (C=O) groups is 2. The molecule has 1 atom stereocenters. The number of rotatable bonds is 31. The molecule has 0 aromatic carbocycles. The number of esters is 2. The number of hydrogen-bond donors (Lipinski definition) is 1. The minimum atomic E-state index is -0.762. The zero-order chi connectivity index (χ0) is 30.4. The summed E-state index contributed by atoms with van der Waals surface area (Å²) in [6.07, 6.45) is 28.7. The van der Waals surface area contributed by atoms with Gasteiger partial charge < -0.3 is 14.6 Å². The first kappa shape index (κ1) is 39.9. The van der Waals surface area contributed by atoms with Crippen molar-refractivity contribution in [2.75, 3.05) is 13.2 Å². The van der Waals surface area contributed by atoms with Gasteiger partial charge in [0.25, 0.3) is 0 Å². The third-order valence-corrected chi connectivity index (χ3v) is 8.01. The molecular formula is C36H70O5. The first-order valence-corrected chi connectivity index (χ1v) is 17.8. The normalized spacial score (nSPS) is 12.3. The Kier molecular flexibility index (Phi) is 29.5. The van der Waals surface area contributed by atoms with Gasteiger partial charge in [-0.2, -0.15) is 0 Å². The van der Waals surface area contributed by atoms with Crippen LogP contribution in [-0.2, 0) is 19.1 Å². The summed E-state index contributed by atoms with van der Waals surface area (Å²) in [5.41, 5.74) is 0. The van der Waals surface area contributed by atoms with Crippen molar-refractivity contribution < 1.29 is 24.2 Å². The zero-order valence-corrected chi connectivity index (χ0v) is 27.9. The lowest BCUT2D eigenvalue weighted by Crippen LogP contribution is -2.28. The highest BCUT2D eigenvalue weighted by atomic mass is 16.6. The Labute approximate surface area is 255 Å². The summed E-state index contributed by atoms with van der Waals surface area (Å²) in [5, 5.41) is 9.51. The molecular weight excluding hydrogens is 512 g/mol. The summed E-state index contributed by atoms with van der Waals surface area (Å²) in [6, 6.07) is 0. The Morgan fingerprint density at radius 2 is 0.805 bits per heavy atom. The molecule has 0 radical (unpaired) electrons. The summed E-state index contributed by atoms with van der Waals surface area (Å²) >= 11 is 0. The Morgan fingerprint density at radius 3 is 1.15 bits per heavy atom. The van der Waals surface area contributed by atoms with E-state index in [2.05, 4.69) is 27.7 Å². The van der Waals surface area contributed by atoms with Crippen LogP contribution in [0.5, 0.6) is 0 Å². The number of carbonyl (C=O) groups excluding carboxylic acids is 2. The van der Waals surface area contributed by atoms with Gasteiger partial charge >= 0.3 is 11.9 Å². The van der Waals surface area contributed by atoms with Crippen molar-refractivity contribution in [3.8, 4) is 0 Å². The van der Waals surface area contributed by atoms with Crippen molar-refractivity contribution >= 4 is 11.9 Å². The number of unbranched alkanes of at least 4 members (excludes halogenated alkanes) is 19. The Morgan fingerprint density at radius 1 is 0.488 bits per heavy atom. The summed E-state index contributed by atoms with van der Waals surface area (Å²) in [7, 11) is 0. The van der Waals surface area contributed by atoms with Gasteiger partial charge in [0, 0.05) is 12.8 Å². The molecule has 0 rings (SSSR count). The number of aliphatic hydroxyl groups excluding tert-OH is 1. The van der Waals surface area contributed by atoms with E-state index in [1.54, 1.807) is 0 Å². The van der Waals surface area contributed by atoms with Crippen LogP contribution in [0.25, 0.3) is 0 Å². The predicted molar refractivity (Wildman–Crippen MR) is 173 cm³/mol. The van der Waals surface area contributed by atoms with E-state index in [0.717, 1.165) is 50.4 Å². The van der Waals surface area contributed by atoms with Crippen LogP contribution in [-0.4, -0.2) is 36.4 Å². The van der Waals surface area contributed by atoms with Crippen LogP contribution < -0.4 is 0 Å². The maximum absolute atomic E-state index is 12.1. The average molecular weight is 583 g/mol. The highest BCUT2D eigenvalue weighted by molar-refractivity contribution is 5.70. The van der Waals surface area contributed by atoms with Gasteiger partial charge in [-0.1, -0.05) is 163 Å². The van der Waals surface area contributed by atoms with Crippen molar-refractivity contribution in [2.24, 2.45) is 11.8 Å². The topological polar surface area (TPSA) is 72.8 Å². The highest BCUT2D eigenvalue weighted by Crippen LogP contribution is 2.16. The molecule has 0 bridgehead atoms. The number of ether oxygens (including phenoxy) is 2. The molecule has 41 heavy (non-hydrogen) atoms. The largest absolute Gasteiger partial charge is 0.462 e. The maximum Gasteiger partial charge on any atom is 0.306 e. The molecule has 0 fully saturated rings. The second kappa shape index (κ2) is 30.4. The van der Waals surface area contributed by atoms with Gasteiger partial charge in [0.1, 0.15) is 6.61 Å². The van der Waals surface area contributed by atoms with Gasteiger partial charge in [-0.05, 0) is 24.7 Å². The lowest BCUT2D eigenvalue weighted by molar-refractivity contribution is -0.161. The molecule has 0 spiro atoms. The van der Waals surface area contributed by atoms with Gasteiger partial charge in [0.05, 0.1) is 6.61 Å². The van der Waals surface area contributed by atoms with E-state index in [0.29, 0.717) is 12.8 Å². The Bertz CT molecular complexity index is 574. The average Bonchev–Trinajstić information content (AvgIpc) is 2.93. The molecule has 0 heterocycles. The third kappa shape index (κ3) is 31.7. The standard InChI is InChI=1S/C36H70O5/c1-32(2)26-22-18-14-10-6-5-7-13-17-21-25-29-36(39)41-34(30-37)31-40-35(38)28-24-20-16-12-9-8-11-15-19-23-27-33(3)4/h32-34,37H,5-31H2,1-4H3/t34-/m0/s1. The van der Waals surface area contributed by atoms with Crippen LogP contribution in [0.1, 0.15) is 188 Å². The van der Waals surface area contributed by atoms with Crippen LogP contribution in [0.2, 0.25) is 0 Å². The first-order chi connectivity index (χ1) is 19.8. The fourth-order valence-electron chi connectivity index (χ4n) is 5.28. The third-order valence-electron chi connectivity index (χ3n) is 8.01. The van der Waals surface area contributed by atoms with E-state index in [-0.39, 0.29) is 25.2 Å². The molecule has 5 heteroatoms. The lowest BCUT2D eigenvalue weighted by Gasteiger charge is -2.15. The summed E-state index contributed by atoms with van der Waals surface area (Å²) in [6.45, 7) is 8.81. The van der Waals surface area contributed by atoms with E-state index in [1.165, 1.54) is 109 Å². The summed E-state index contributed by atoms with van der Waals surface area (Å²) in [5.74, 6) is 1.08. The molecule has 0 saturated heterocycles. The SMILES string of the molecule is CC(C)CCCCCCCCCCCCCC(=O)O[C@@H](CO)COC(=O)CCCCCCCCCCCCC(C)C. The molecule has 1 N–H and O–H groups in total. The minimum absolute atomic E-state index is 0.0596. The molecule has 0 saturated carbocycles. The molecule has 5 nitrogen and oxygen atoms in total. The van der Waals surface area contributed by atoms with Gasteiger partial charge in [0.15, 0.2) is 6.10 Å². The fraction of sp³-hybridized carbons (Fsp3) is 0.944. The van der Waals surface area contributed by atoms with Gasteiger partial charge in [0.2, 0.25) is 0 Å². The summed E-state index contributed by atoms with van der Waals surface area (Å²) < 4.78 is 10.6. The van der Waals surface area contributed by atoms with E-state index in [1.807, 2.05) is 0 Å². The fourth-order valence-corrected chi connectivity index (χ4v) is 5.28. The smallest absolute Gasteiger partial charge is 0.306 e. The monoisotopic (exact) mass is 583 g/mol. The van der Waals surface area contributed by atoms with Crippen molar-refractivity contribution in [2.45, 2.75) is 194 Å². The Balaban J connectivity index is 3.54. The molecule has 0 aromatic heterocycles. The predicted octanol–water partition coefficient (Wildman–Crippen LogP) is 10.5. The van der Waals surface area contributed by atoms with Crippen LogP contribution in [0.4, 0.5) is 0 Å². The second-order valence-corrected chi connectivity index (χ2v) is 13.3. The first-order valence-electron chi connectivity index (χ1n) is 17.8. The van der Waals surface area contributed by atoms with Crippen LogP contribution >= 0.6 is 0 Å². The summed E-state index contributed by atoms with van der Waals surface area (Å²) in [4.78, 5) is 24.1. The van der Waals surface area contributed by atoms with Crippen molar-refractivity contribution in [3.05, 3.63) is 0 Å². The second-order valence-electron chi connectivity index (χ2n) is 13.3. The van der Waals surface area contributed by atoms with Gasteiger partial charge in [-0.15, -0.1) is 0 Å². The van der Waals surface area contributed by atoms with Crippen LogP contribution in [0.3, 0.4) is 0 Å². The van der Waals surface area contributed by atoms with E-state index < -0.39 is 6.10 Å². The van der Waals surface area contributed by atoms with Crippen molar-refractivity contribution in [1.82, 2.24) is 0 Å². The minimum Gasteiger partial charge on any atom is -0.462 e. The van der Waals surface area contributed by atoms with Gasteiger partial charge in [-0.25, -0.2) is 0 Å². The number of aliphatic hydroxyl groups is 1. The molecule has 0 aromatic rings. The number of hydrogen-bond acceptors (Lipinski definition) is 5. The molecule has 0 aliphatic heterocycles. The van der Waals surface area contributed by atoms with E-state index >= 15 is 0 Å². The molecule has 0 aliphatic carbocycles. The molecule has 244 valence electrons. The maximum atomic E-state index is 12.1.